The molecule has 0 aromatic heterocycles. The molecule has 2 saturated carbocycles. The molecule has 0 aromatic carbocycles. The first kappa shape index (κ1) is 15.8. The van der Waals surface area contributed by atoms with E-state index in [2.05, 4.69) is 12.2 Å². The summed E-state index contributed by atoms with van der Waals surface area (Å²) >= 11 is 0. The summed E-state index contributed by atoms with van der Waals surface area (Å²) in [6, 6.07) is 0.517. The average molecular weight is 281 g/mol. The number of rotatable bonds is 5. The predicted octanol–water partition coefficient (Wildman–Crippen LogP) is 3.81. The lowest BCUT2D eigenvalue weighted by atomic mass is 9.73. The predicted molar refractivity (Wildman–Crippen MR) is 81.6 cm³/mol. The average Bonchev–Trinajstić information content (AvgIpc) is 2.48. The van der Waals surface area contributed by atoms with Crippen LogP contribution in [0.1, 0.15) is 78.1 Å². The highest BCUT2D eigenvalue weighted by Crippen LogP contribution is 2.36. The molecule has 116 valence electrons. The number of carbonyl (C=O) groups is 1. The first-order valence-electron chi connectivity index (χ1n) is 8.65. The van der Waals surface area contributed by atoms with Gasteiger partial charge >= 0.3 is 5.97 Å². The van der Waals surface area contributed by atoms with Crippen LogP contribution in [0.5, 0.6) is 0 Å². The summed E-state index contributed by atoms with van der Waals surface area (Å²) in [5, 5.41) is 3.75. The number of ether oxygens (including phenoxy) is 1. The molecule has 2 rings (SSSR count). The van der Waals surface area contributed by atoms with E-state index in [0.717, 1.165) is 19.3 Å². The highest BCUT2D eigenvalue weighted by molar-refractivity contribution is 5.81. The third-order valence-electron chi connectivity index (χ3n) is 5.18. The summed E-state index contributed by atoms with van der Waals surface area (Å²) in [6.07, 6.45) is 11.9. The van der Waals surface area contributed by atoms with Gasteiger partial charge in [-0.1, -0.05) is 45.4 Å². The third-order valence-corrected chi connectivity index (χ3v) is 5.18. The van der Waals surface area contributed by atoms with Crippen molar-refractivity contribution in [2.75, 3.05) is 6.61 Å². The summed E-state index contributed by atoms with van der Waals surface area (Å²) < 4.78 is 5.42. The van der Waals surface area contributed by atoms with Gasteiger partial charge in [0, 0.05) is 6.04 Å². The standard InChI is InChI=1S/C17H31NO2/c1-3-14-9-8-12-17(13-14,16(19)20-4-2)18-15-10-6-5-7-11-15/h14-15,18H,3-13H2,1-2H3. The molecule has 1 N–H and O–H groups in total. The lowest BCUT2D eigenvalue weighted by Gasteiger charge is -2.42. The minimum Gasteiger partial charge on any atom is -0.465 e. The molecule has 20 heavy (non-hydrogen) atoms. The van der Waals surface area contributed by atoms with Gasteiger partial charge in [-0.3, -0.25) is 10.1 Å². The zero-order valence-corrected chi connectivity index (χ0v) is 13.2. The van der Waals surface area contributed by atoms with Gasteiger partial charge < -0.3 is 4.74 Å². The van der Waals surface area contributed by atoms with Crippen molar-refractivity contribution < 1.29 is 9.53 Å². The molecular weight excluding hydrogens is 250 g/mol. The molecule has 0 amide bonds. The molecular formula is C17H31NO2. The van der Waals surface area contributed by atoms with E-state index in [9.17, 15) is 4.79 Å². The molecule has 2 unspecified atom stereocenters. The van der Waals surface area contributed by atoms with Crippen molar-refractivity contribution in [2.45, 2.75) is 89.6 Å². The molecule has 2 fully saturated rings. The van der Waals surface area contributed by atoms with Crippen LogP contribution in [0.3, 0.4) is 0 Å². The fraction of sp³-hybridized carbons (Fsp3) is 0.941. The third kappa shape index (κ3) is 3.75. The van der Waals surface area contributed by atoms with Gasteiger partial charge in [-0.15, -0.1) is 0 Å². The fourth-order valence-electron chi connectivity index (χ4n) is 4.02. The van der Waals surface area contributed by atoms with Crippen molar-refractivity contribution in [3.8, 4) is 0 Å². The van der Waals surface area contributed by atoms with Crippen molar-refractivity contribution in [3.05, 3.63) is 0 Å². The lowest BCUT2D eigenvalue weighted by Crippen LogP contribution is -2.59. The van der Waals surface area contributed by atoms with Crippen molar-refractivity contribution >= 4 is 5.97 Å². The quantitative estimate of drug-likeness (QED) is 0.779. The van der Waals surface area contributed by atoms with Gasteiger partial charge in [0.25, 0.3) is 0 Å². The Morgan fingerprint density at radius 3 is 2.55 bits per heavy atom. The van der Waals surface area contributed by atoms with Crippen molar-refractivity contribution in [1.29, 1.82) is 0 Å². The Kier molecular flexibility index (Phi) is 5.88. The van der Waals surface area contributed by atoms with E-state index >= 15 is 0 Å². The number of carbonyl (C=O) groups excluding carboxylic acids is 1. The summed E-state index contributed by atoms with van der Waals surface area (Å²) in [5.41, 5.74) is -0.392. The summed E-state index contributed by atoms with van der Waals surface area (Å²) in [4.78, 5) is 12.6. The molecule has 0 radical (unpaired) electrons. The van der Waals surface area contributed by atoms with E-state index in [4.69, 9.17) is 4.74 Å². The minimum absolute atomic E-state index is 0.00345. The van der Waals surface area contributed by atoms with E-state index in [1.807, 2.05) is 6.92 Å². The zero-order valence-electron chi connectivity index (χ0n) is 13.2. The normalized spacial score (nSPS) is 32.0. The molecule has 0 aliphatic heterocycles. The Morgan fingerprint density at radius 1 is 1.15 bits per heavy atom. The minimum atomic E-state index is -0.392. The molecule has 2 aliphatic carbocycles. The Morgan fingerprint density at radius 2 is 1.90 bits per heavy atom. The summed E-state index contributed by atoms with van der Waals surface area (Å²) in [7, 11) is 0. The number of hydrogen-bond acceptors (Lipinski definition) is 3. The molecule has 3 nitrogen and oxygen atoms in total. The molecule has 2 atom stereocenters. The Balaban J connectivity index is 2.07. The highest BCUT2D eigenvalue weighted by Gasteiger charge is 2.44. The molecule has 2 aliphatic rings. The van der Waals surface area contributed by atoms with E-state index in [1.54, 1.807) is 0 Å². The van der Waals surface area contributed by atoms with Gasteiger partial charge in [0.1, 0.15) is 5.54 Å². The molecule has 0 heterocycles. The van der Waals surface area contributed by atoms with Crippen molar-refractivity contribution in [3.63, 3.8) is 0 Å². The zero-order chi connectivity index (χ0) is 14.4. The maximum atomic E-state index is 12.6. The Labute approximate surface area is 123 Å². The lowest BCUT2D eigenvalue weighted by molar-refractivity contribution is -0.154. The Bertz CT molecular complexity index is 312. The van der Waals surface area contributed by atoms with Crippen LogP contribution in [-0.2, 0) is 9.53 Å². The highest BCUT2D eigenvalue weighted by atomic mass is 16.5. The molecule has 0 spiro atoms. The van der Waals surface area contributed by atoms with Gasteiger partial charge in [0.2, 0.25) is 0 Å². The van der Waals surface area contributed by atoms with Crippen molar-refractivity contribution in [2.24, 2.45) is 5.92 Å². The number of esters is 1. The van der Waals surface area contributed by atoms with Gasteiger partial charge in [0.15, 0.2) is 0 Å². The number of nitrogens with one attached hydrogen (secondary N) is 1. The van der Waals surface area contributed by atoms with Gasteiger partial charge in [-0.05, 0) is 38.5 Å². The first-order chi connectivity index (χ1) is 9.70. The maximum absolute atomic E-state index is 12.6. The second-order valence-corrected chi connectivity index (χ2v) is 6.65. The van der Waals surface area contributed by atoms with Crippen molar-refractivity contribution in [1.82, 2.24) is 5.32 Å². The van der Waals surface area contributed by atoms with Gasteiger partial charge in [-0.25, -0.2) is 0 Å². The fourth-order valence-corrected chi connectivity index (χ4v) is 4.02. The Hall–Kier alpha value is -0.570. The largest absolute Gasteiger partial charge is 0.465 e. The topological polar surface area (TPSA) is 38.3 Å². The van der Waals surface area contributed by atoms with Crippen LogP contribution in [0.15, 0.2) is 0 Å². The summed E-state index contributed by atoms with van der Waals surface area (Å²) in [5.74, 6) is 0.674. The van der Waals surface area contributed by atoms with Crippen LogP contribution >= 0.6 is 0 Å². The maximum Gasteiger partial charge on any atom is 0.326 e. The van der Waals surface area contributed by atoms with E-state index in [0.29, 0.717) is 18.6 Å². The van der Waals surface area contributed by atoms with Crippen LogP contribution in [0.25, 0.3) is 0 Å². The molecule has 0 saturated heterocycles. The summed E-state index contributed by atoms with van der Waals surface area (Å²) in [6.45, 7) is 4.64. The van der Waals surface area contributed by atoms with Crippen LogP contribution in [0.4, 0.5) is 0 Å². The van der Waals surface area contributed by atoms with Crippen LogP contribution in [-0.4, -0.2) is 24.2 Å². The van der Waals surface area contributed by atoms with Gasteiger partial charge in [0.05, 0.1) is 6.61 Å². The van der Waals surface area contributed by atoms with Crippen LogP contribution in [0, 0.1) is 5.92 Å². The van der Waals surface area contributed by atoms with Crippen LogP contribution in [0.2, 0.25) is 0 Å². The smallest absolute Gasteiger partial charge is 0.326 e. The molecule has 0 bridgehead atoms. The van der Waals surface area contributed by atoms with E-state index < -0.39 is 5.54 Å². The first-order valence-corrected chi connectivity index (χ1v) is 8.65. The van der Waals surface area contributed by atoms with E-state index in [1.165, 1.54) is 44.9 Å². The SMILES string of the molecule is CCOC(=O)C1(NC2CCCCC2)CCCC(CC)C1. The van der Waals surface area contributed by atoms with Crippen LogP contribution < -0.4 is 5.32 Å². The van der Waals surface area contributed by atoms with E-state index in [-0.39, 0.29) is 5.97 Å². The second-order valence-electron chi connectivity index (χ2n) is 6.65. The monoisotopic (exact) mass is 281 g/mol. The molecule has 0 aromatic rings. The van der Waals surface area contributed by atoms with Gasteiger partial charge in [-0.2, -0.15) is 0 Å². The second kappa shape index (κ2) is 7.44. The molecule has 3 heteroatoms. The number of hydrogen-bond donors (Lipinski definition) is 1.